The van der Waals surface area contributed by atoms with E-state index in [-0.39, 0.29) is 0 Å². The maximum absolute atomic E-state index is 10.2. The molecular formula is C21H28N2O3. The smallest absolute Gasteiger partial charge is 0.119 e. The van der Waals surface area contributed by atoms with E-state index in [1.165, 1.54) is 5.69 Å². The van der Waals surface area contributed by atoms with Crippen molar-refractivity contribution in [1.29, 1.82) is 0 Å². The number of hydrogen-bond acceptors (Lipinski definition) is 5. The molecule has 1 aliphatic heterocycles. The van der Waals surface area contributed by atoms with Crippen LogP contribution in [0.3, 0.4) is 0 Å². The molecule has 1 atom stereocenters. The molecule has 1 fully saturated rings. The van der Waals surface area contributed by atoms with Crippen molar-refractivity contribution in [3.63, 3.8) is 0 Å². The lowest BCUT2D eigenvalue weighted by Crippen LogP contribution is -2.49. The first kappa shape index (κ1) is 18.7. The molecule has 0 aliphatic carbocycles. The van der Waals surface area contributed by atoms with Gasteiger partial charge in [0, 0.05) is 38.4 Å². The number of anilines is 1. The van der Waals surface area contributed by atoms with Gasteiger partial charge in [0.15, 0.2) is 0 Å². The highest BCUT2D eigenvalue weighted by atomic mass is 16.5. The summed E-state index contributed by atoms with van der Waals surface area (Å²) in [5, 5.41) is 10.2. The number of β-amino-alcohol motifs (C(OH)–C–C–N with tert-alkyl or cyclic N) is 1. The van der Waals surface area contributed by atoms with E-state index in [2.05, 4.69) is 21.9 Å². The molecule has 0 aromatic heterocycles. The molecular weight excluding hydrogens is 328 g/mol. The lowest BCUT2D eigenvalue weighted by molar-refractivity contribution is 0.00914. The summed E-state index contributed by atoms with van der Waals surface area (Å²) in [5.41, 5.74) is 2.35. The molecule has 2 aromatic rings. The molecule has 0 radical (unpaired) electrons. The Labute approximate surface area is 155 Å². The zero-order valence-corrected chi connectivity index (χ0v) is 15.4. The highest BCUT2D eigenvalue weighted by molar-refractivity contribution is 5.49. The van der Waals surface area contributed by atoms with Gasteiger partial charge in [0.2, 0.25) is 0 Å². The Kier molecular flexibility index (Phi) is 6.89. The van der Waals surface area contributed by atoms with Gasteiger partial charge in [-0.1, -0.05) is 30.3 Å². The summed E-state index contributed by atoms with van der Waals surface area (Å²) in [6.45, 7) is 5.39. The van der Waals surface area contributed by atoms with Crippen molar-refractivity contribution < 1.29 is 14.6 Å². The Hall–Kier alpha value is -2.08. The first-order chi connectivity index (χ1) is 12.7. The molecule has 0 amide bonds. The number of rotatable bonds is 8. The van der Waals surface area contributed by atoms with E-state index in [1.807, 2.05) is 42.5 Å². The van der Waals surface area contributed by atoms with Crippen LogP contribution >= 0.6 is 0 Å². The normalized spacial score (nSPS) is 16.5. The van der Waals surface area contributed by atoms with Gasteiger partial charge in [0.05, 0.1) is 26.4 Å². The van der Waals surface area contributed by atoms with Gasteiger partial charge in [0.25, 0.3) is 0 Å². The van der Waals surface area contributed by atoms with E-state index in [9.17, 15) is 5.11 Å². The molecule has 3 rings (SSSR count). The summed E-state index contributed by atoms with van der Waals surface area (Å²) in [6.07, 6.45) is -0.453. The van der Waals surface area contributed by atoms with Gasteiger partial charge in [-0.05, 0) is 29.8 Å². The molecule has 26 heavy (non-hydrogen) atoms. The third kappa shape index (κ3) is 5.46. The number of piperazine rings is 1. The number of benzene rings is 2. The average Bonchev–Trinajstić information content (AvgIpc) is 2.69. The predicted octanol–water partition coefficient (Wildman–Crippen LogP) is 2.39. The highest BCUT2D eigenvalue weighted by Crippen LogP contribution is 2.20. The summed E-state index contributed by atoms with van der Waals surface area (Å²) >= 11 is 0. The lowest BCUT2D eigenvalue weighted by Gasteiger charge is -2.36. The maximum Gasteiger partial charge on any atom is 0.119 e. The van der Waals surface area contributed by atoms with Crippen LogP contribution in [0, 0.1) is 0 Å². The van der Waals surface area contributed by atoms with Crippen LogP contribution in [0.2, 0.25) is 0 Å². The van der Waals surface area contributed by atoms with E-state index in [4.69, 9.17) is 9.47 Å². The van der Waals surface area contributed by atoms with E-state index < -0.39 is 6.10 Å². The molecule has 1 heterocycles. The summed E-state index contributed by atoms with van der Waals surface area (Å²) in [6, 6.07) is 18.2. The van der Waals surface area contributed by atoms with Crippen molar-refractivity contribution >= 4 is 5.69 Å². The monoisotopic (exact) mass is 356 g/mol. The van der Waals surface area contributed by atoms with Crippen LogP contribution in [0.15, 0.2) is 54.6 Å². The summed E-state index contributed by atoms with van der Waals surface area (Å²) in [7, 11) is 1.68. The summed E-state index contributed by atoms with van der Waals surface area (Å²) < 4.78 is 10.8. The van der Waals surface area contributed by atoms with Crippen molar-refractivity contribution in [3.05, 3.63) is 60.2 Å². The molecule has 5 nitrogen and oxygen atoms in total. The first-order valence-corrected chi connectivity index (χ1v) is 9.15. The number of methoxy groups -OCH3 is 1. The van der Waals surface area contributed by atoms with Gasteiger partial charge in [-0.15, -0.1) is 0 Å². The van der Waals surface area contributed by atoms with Crippen molar-refractivity contribution in [2.45, 2.75) is 12.7 Å². The fourth-order valence-electron chi connectivity index (χ4n) is 3.22. The SMILES string of the molecule is COc1ccc(N2CCN(C[C@H](O)COCc3ccccc3)CC2)cc1. The molecule has 1 aliphatic rings. The zero-order chi connectivity index (χ0) is 18.2. The Bertz CT molecular complexity index is 640. The van der Waals surface area contributed by atoms with Gasteiger partial charge >= 0.3 is 0 Å². The van der Waals surface area contributed by atoms with Crippen molar-refractivity contribution in [3.8, 4) is 5.75 Å². The minimum absolute atomic E-state index is 0.369. The van der Waals surface area contributed by atoms with Crippen LogP contribution in [0.5, 0.6) is 5.75 Å². The number of ether oxygens (including phenoxy) is 2. The van der Waals surface area contributed by atoms with Crippen LogP contribution in [-0.2, 0) is 11.3 Å². The van der Waals surface area contributed by atoms with Crippen LogP contribution in [0.4, 0.5) is 5.69 Å². The largest absolute Gasteiger partial charge is 0.497 e. The van der Waals surface area contributed by atoms with Gasteiger partial charge < -0.3 is 19.5 Å². The van der Waals surface area contributed by atoms with E-state index >= 15 is 0 Å². The number of nitrogens with zero attached hydrogens (tertiary/aromatic N) is 2. The molecule has 0 spiro atoms. The van der Waals surface area contributed by atoms with Crippen LogP contribution < -0.4 is 9.64 Å². The second kappa shape index (κ2) is 9.57. The predicted molar refractivity (Wildman–Crippen MR) is 104 cm³/mol. The Morgan fingerprint density at radius 1 is 0.962 bits per heavy atom. The van der Waals surface area contributed by atoms with Crippen molar-refractivity contribution in [1.82, 2.24) is 4.90 Å². The molecule has 5 heteroatoms. The van der Waals surface area contributed by atoms with Gasteiger partial charge in [-0.25, -0.2) is 0 Å². The third-order valence-electron chi connectivity index (χ3n) is 4.70. The fraction of sp³-hybridized carbons (Fsp3) is 0.429. The van der Waals surface area contributed by atoms with Crippen molar-refractivity contribution in [2.75, 3.05) is 51.3 Å². The van der Waals surface area contributed by atoms with E-state index in [0.717, 1.165) is 37.5 Å². The minimum atomic E-state index is -0.453. The number of hydrogen-bond donors (Lipinski definition) is 1. The molecule has 1 saturated heterocycles. The van der Waals surface area contributed by atoms with E-state index in [1.54, 1.807) is 7.11 Å². The summed E-state index contributed by atoms with van der Waals surface area (Å²) in [5.74, 6) is 0.881. The quantitative estimate of drug-likeness (QED) is 0.787. The second-order valence-corrected chi connectivity index (χ2v) is 6.64. The van der Waals surface area contributed by atoms with Gasteiger partial charge in [-0.2, -0.15) is 0 Å². The Balaban J connectivity index is 1.36. The van der Waals surface area contributed by atoms with E-state index in [0.29, 0.717) is 19.8 Å². The average molecular weight is 356 g/mol. The molecule has 1 N–H and O–H groups in total. The van der Waals surface area contributed by atoms with Crippen LogP contribution in [0.1, 0.15) is 5.56 Å². The van der Waals surface area contributed by atoms with Gasteiger partial charge in [0.1, 0.15) is 5.75 Å². The fourth-order valence-corrected chi connectivity index (χ4v) is 3.22. The number of aliphatic hydroxyl groups excluding tert-OH is 1. The Morgan fingerprint density at radius 2 is 1.65 bits per heavy atom. The highest BCUT2D eigenvalue weighted by Gasteiger charge is 2.19. The van der Waals surface area contributed by atoms with Crippen molar-refractivity contribution in [2.24, 2.45) is 0 Å². The zero-order valence-electron chi connectivity index (χ0n) is 15.4. The second-order valence-electron chi connectivity index (χ2n) is 6.64. The topological polar surface area (TPSA) is 45.2 Å². The minimum Gasteiger partial charge on any atom is -0.497 e. The third-order valence-corrected chi connectivity index (χ3v) is 4.70. The maximum atomic E-state index is 10.2. The number of aliphatic hydroxyl groups is 1. The molecule has 0 saturated carbocycles. The molecule has 140 valence electrons. The Morgan fingerprint density at radius 3 is 2.31 bits per heavy atom. The first-order valence-electron chi connectivity index (χ1n) is 9.15. The van der Waals surface area contributed by atoms with Gasteiger partial charge in [-0.3, -0.25) is 4.90 Å². The van der Waals surface area contributed by atoms with Crippen LogP contribution in [-0.4, -0.2) is 62.6 Å². The van der Waals surface area contributed by atoms with Crippen LogP contribution in [0.25, 0.3) is 0 Å². The molecule has 0 bridgehead atoms. The molecule has 2 aromatic carbocycles. The summed E-state index contributed by atoms with van der Waals surface area (Å²) in [4.78, 5) is 4.67. The standard InChI is InChI=1S/C21H28N2O3/c1-25-21-9-7-19(8-10-21)23-13-11-22(12-14-23)15-20(24)17-26-16-18-5-3-2-4-6-18/h2-10,20,24H,11-17H2,1H3/t20-/m0/s1. The molecule has 0 unspecified atom stereocenters. The lowest BCUT2D eigenvalue weighted by atomic mass is 10.2.